The van der Waals surface area contributed by atoms with Crippen LogP contribution in [0, 0.1) is 0 Å². The van der Waals surface area contributed by atoms with Gasteiger partial charge >= 0.3 is 0 Å². The molecule has 0 radical (unpaired) electrons. The third kappa shape index (κ3) is 7.17. The molecule has 1 saturated heterocycles. The van der Waals surface area contributed by atoms with Gasteiger partial charge in [0.25, 0.3) is 0 Å². The lowest BCUT2D eigenvalue weighted by Crippen LogP contribution is -2.58. The molecule has 0 aromatic heterocycles. The first kappa shape index (κ1) is 23.7. The van der Waals surface area contributed by atoms with Gasteiger partial charge in [-0.05, 0) is 54.5 Å². The maximum Gasteiger partial charge on any atom is 0.229 e. The number of aliphatic hydroxyl groups excluding tert-OH is 3. The van der Waals surface area contributed by atoms with E-state index in [9.17, 15) is 30.0 Å². The summed E-state index contributed by atoms with van der Waals surface area (Å²) in [6, 6.07) is 8.58. The monoisotopic (exact) mass is 517 g/mol. The van der Waals surface area contributed by atoms with Crippen LogP contribution in [0.5, 0.6) is 23.0 Å². The summed E-state index contributed by atoms with van der Waals surface area (Å²) in [5.74, 6) is -1.19. The van der Waals surface area contributed by atoms with Crippen LogP contribution in [-0.4, -0.2) is 76.8 Å². The number of ether oxygens (including phenoxy) is 4. The van der Waals surface area contributed by atoms with Crippen LogP contribution < -0.4 is 14.2 Å². The number of hydrogen-bond acceptors (Lipinski definition) is 10. The van der Waals surface area contributed by atoms with Crippen molar-refractivity contribution in [2.24, 2.45) is 0 Å². The maximum atomic E-state index is 12.3. The summed E-state index contributed by atoms with van der Waals surface area (Å²) in [5, 5.41) is 39.7. The molecule has 1 aliphatic rings. The van der Waals surface area contributed by atoms with E-state index in [0.29, 0.717) is 11.1 Å². The Bertz CT molecular complexity index is 1270. The van der Waals surface area contributed by atoms with Crippen molar-refractivity contribution in [2.75, 3.05) is 14.1 Å². The highest BCUT2D eigenvalue weighted by Crippen LogP contribution is 2.32. The minimum atomic E-state index is -2.76. The number of aliphatic hydroxyl groups is 3. The van der Waals surface area contributed by atoms with Gasteiger partial charge in [-0.2, -0.15) is 0 Å². The normalized spacial score (nSPS) is 25.3. The summed E-state index contributed by atoms with van der Waals surface area (Å²) in [4.78, 5) is 24.5. The lowest BCUT2D eigenvalue weighted by molar-refractivity contribution is -0.268. The first-order chi connectivity index (χ1) is 18.8. The average molecular weight is 518 g/mol. The van der Waals surface area contributed by atoms with Crippen molar-refractivity contribution in [1.29, 1.82) is 0 Å². The molecule has 10 nitrogen and oxygen atoms in total. The fraction of sp³-hybridized carbons (Fsp3) is 0.333. The summed E-state index contributed by atoms with van der Waals surface area (Å²) < 4.78 is 42.5. The van der Waals surface area contributed by atoms with Crippen LogP contribution in [0.3, 0.4) is 0 Å². The Morgan fingerprint density at radius 2 is 1.54 bits per heavy atom. The van der Waals surface area contributed by atoms with E-state index >= 15 is 0 Å². The molecule has 2 aromatic carbocycles. The zero-order chi connectivity index (χ0) is 29.6. The minimum absolute atomic E-state index is 0.188. The fourth-order valence-corrected chi connectivity index (χ4v) is 3.51. The van der Waals surface area contributed by atoms with E-state index in [1.54, 1.807) is 12.1 Å². The van der Waals surface area contributed by atoms with Gasteiger partial charge in [0.05, 0.1) is 30.8 Å². The number of ketones is 2. The van der Waals surface area contributed by atoms with E-state index in [4.69, 9.17) is 23.1 Å². The van der Waals surface area contributed by atoms with E-state index in [0.717, 1.165) is 6.08 Å². The van der Waals surface area contributed by atoms with Gasteiger partial charge in [-0.15, -0.1) is 0 Å². The van der Waals surface area contributed by atoms with Crippen LogP contribution in [0.15, 0.2) is 48.6 Å². The third-order valence-corrected chi connectivity index (χ3v) is 5.60. The second-order valence-electron chi connectivity index (χ2n) is 8.31. The smallest absolute Gasteiger partial charge is 0.229 e. The molecular weight excluding hydrogens is 484 g/mol. The molecule has 1 fully saturated rings. The number of rotatable bonds is 10. The average Bonchev–Trinajstić information content (AvgIpc) is 2.89. The van der Waals surface area contributed by atoms with E-state index in [-0.39, 0.29) is 23.0 Å². The number of allylic oxidation sites excluding steroid dienone is 2. The summed E-state index contributed by atoms with van der Waals surface area (Å²) in [7, 11) is -1.37. The second kappa shape index (κ2) is 12.5. The van der Waals surface area contributed by atoms with Crippen LogP contribution in [-0.2, 0) is 14.3 Å². The molecule has 0 spiro atoms. The largest absolute Gasteiger partial charge is 0.504 e. The molecule has 10 heteroatoms. The second-order valence-corrected chi connectivity index (χ2v) is 8.31. The standard InChI is InChI=1S/C27H30O10/c1-15-24(31)25(32)26(33)27(36-15)37-21-11-7-17(13-23(21)35-3)5-9-19(29)14-18(28)8-4-16-6-10-20(30)22(12-16)34-2/h4-13,15,24-27,30-33H,14H2,1-3H3/b8-4+,9-5+/t15-,24-,25+,26-,27+/m1/s1/i2D3. The van der Waals surface area contributed by atoms with Gasteiger partial charge in [-0.1, -0.05) is 24.3 Å². The molecule has 4 N–H and O–H groups in total. The predicted molar refractivity (Wildman–Crippen MR) is 133 cm³/mol. The maximum absolute atomic E-state index is 12.3. The first-order valence-electron chi connectivity index (χ1n) is 12.8. The molecule has 0 amide bonds. The summed E-state index contributed by atoms with van der Waals surface area (Å²) in [5.41, 5.74) is 0.925. The van der Waals surface area contributed by atoms with Gasteiger partial charge in [-0.3, -0.25) is 9.59 Å². The van der Waals surface area contributed by atoms with E-state index < -0.39 is 55.7 Å². The summed E-state index contributed by atoms with van der Waals surface area (Å²) >= 11 is 0. The first-order valence-corrected chi connectivity index (χ1v) is 11.3. The van der Waals surface area contributed by atoms with Gasteiger partial charge in [0.1, 0.15) is 18.3 Å². The summed E-state index contributed by atoms with van der Waals surface area (Å²) in [6.07, 6.45) is -1.49. The van der Waals surface area contributed by atoms with Crippen molar-refractivity contribution < 1.29 is 53.1 Å². The molecule has 0 aliphatic carbocycles. The molecule has 0 unspecified atom stereocenters. The predicted octanol–water partition coefficient (Wildman–Crippen LogP) is 1.87. The van der Waals surface area contributed by atoms with Gasteiger partial charge in [0.15, 0.2) is 34.6 Å². The number of phenols is 1. The van der Waals surface area contributed by atoms with Gasteiger partial charge < -0.3 is 39.4 Å². The topological polar surface area (TPSA) is 152 Å². The quantitative estimate of drug-likeness (QED) is 0.271. The zero-order valence-electron chi connectivity index (χ0n) is 23.1. The molecule has 0 bridgehead atoms. The van der Waals surface area contributed by atoms with Crippen LogP contribution in [0.4, 0.5) is 0 Å². The lowest BCUT2D eigenvalue weighted by atomic mass is 10.00. The number of carbonyl (C=O) groups is 2. The molecule has 2 aromatic rings. The Kier molecular flexibility index (Phi) is 8.01. The Labute approximate surface area is 218 Å². The molecule has 5 atom stereocenters. The number of carbonyl (C=O) groups excluding carboxylic acids is 2. The van der Waals surface area contributed by atoms with E-state index in [1.807, 2.05) is 0 Å². The lowest BCUT2D eigenvalue weighted by Gasteiger charge is -2.39. The molecule has 37 heavy (non-hydrogen) atoms. The highest BCUT2D eigenvalue weighted by Gasteiger charge is 2.43. The Morgan fingerprint density at radius 1 is 0.919 bits per heavy atom. The van der Waals surface area contributed by atoms with Crippen LogP contribution >= 0.6 is 0 Å². The van der Waals surface area contributed by atoms with Crippen LogP contribution in [0.1, 0.15) is 28.6 Å². The van der Waals surface area contributed by atoms with Crippen molar-refractivity contribution >= 4 is 23.7 Å². The summed E-state index contributed by atoms with van der Waals surface area (Å²) in [6.45, 7) is 1.53. The molecular formula is C27H30O10. The van der Waals surface area contributed by atoms with Gasteiger partial charge in [0, 0.05) is 0 Å². The van der Waals surface area contributed by atoms with Crippen LogP contribution in [0.25, 0.3) is 12.2 Å². The number of hydrogen-bond donors (Lipinski definition) is 4. The molecule has 1 aliphatic heterocycles. The zero-order valence-corrected chi connectivity index (χ0v) is 20.1. The highest BCUT2D eigenvalue weighted by atomic mass is 16.7. The molecule has 1 heterocycles. The molecule has 3 rings (SSSR count). The van der Waals surface area contributed by atoms with E-state index in [1.165, 1.54) is 56.5 Å². The van der Waals surface area contributed by atoms with Gasteiger partial charge in [0.2, 0.25) is 6.29 Å². The Balaban J connectivity index is 1.60. The Morgan fingerprint density at radius 3 is 2.16 bits per heavy atom. The number of benzene rings is 2. The number of phenolic OH excluding ortho intramolecular Hbond substituents is 1. The van der Waals surface area contributed by atoms with Crippen molar-refractivity contribution in [1.82, 2.24) is 0 Å². The van der Waals surface area contributed by atoms with Crippen molar-refractivity contribution in [3.8, 4) is 23.0 Å². The van der Waals surface area contributed by atoms with Crippen molar-refractivity contribution in [2.45, 2.75) is 44.1 Å². The van der Waals surface area contributed by atoms with Crippen molar-refractivity contribution in [3.05, 3.63) is 59.7 Å². The Hall–Kier alpha value is -3.70. The fourth-order valence-electron chi connectivity index (χ4n) is 3.51. The molecule has 0 saturated carbocycles. The number of methoxy groups -OCH3 is 2. The molecule has 198 valence electrons. The SMILES string of the molecule is [2H]C([2H])([2H])Oc1cc(/C=C/C(=O)CC(=O)/C=C/c2ccc(O[C@@H]3O[C@H](C)[C@@H](O)[C@H](O)[C@H]3O)c(OC)c2)ccc1O. The highest BCUT2D eigenvalue weighted by molar-refractivity contribution is 6.10. The van der Waals surface area contributed by atoms with Gasteiger partial charge in [-0.25, -0.2) is 0 Å². The minimum Gasteiger partial charge on any atom is -0.504 e. The van der Waals surface area contributed by atoms with Crippen LogP contribution in [0.2, 0.25) is 0 Å². The van der Waals surface area contributed by atoms with Crippen molar-refractivity contribution in [3.63, 3.8) is 0 Å². The third-order valence-electron chi connectivity index (χ3n) is 5.60. The number of aromatic hydroxyl groups is 1. The van der Waals surface area contributed by atoms with E-state index in [2.05, 4.69) is 0 Å².